The van der Waals surface area contributed by atoms with Gasteiger partial charge in [0.05, 0.1) is 12.6 Å². The lowest BCUT2D eigenvalue weighted by Crippen LogP contribution is -2.15. The van der Waals surface area contributed by atoms with Gasteiger partial charge in [-0.05, 0) is 31.8 Å². The first-order valence-corrected chi connectivity index (χ1v) is 6.42. The number of ether oxygens (including phenoxy) is 1. The van der Waals surface area contributed by atoms with E-state index in [9.17, 15) is 9.18 Å². The lowest BCUT2D eigenvalue weighted by Gasteiger charge is -2.12. The van der Waals surface area contributed by atoms with Crippen LogP contribution in [0.5, 0.6) is 5.75 Å². The molecule has 2 rings (SSSR count). The second-order valence-electron chi connectivity index (χ2n) is 5.07. The maximum absolute atomic E-state index is 14.5. The molecule has 1 aromatic heterocycles. The molecule has 0 spiro atoms. The smallest absolute Gasteiger partial charge is 0.174 e. The van der Waals surface area contributed by atoms with Crippen LogP contribution in [0.15, 0.2) is 12.1 Å². The number of fused-ring (bicyclic) bond motifs is 1. The van der Waals surface area contributed by atoms with Crippen LogP contribution in [0.3, 0.4) is 0 Å². The van der Waals surface area contributed by atoms with Crippen molar-refractivity contribution in [1.82, 2.24) is 9.47 Å². The van der Waals surface area contributed by atoms with Gasteiger partial charge in [0.15, 0.2) is 11.6 Å². The Kier molecular flexibility index (Phi) is 4.09. The topological polar surface area (TPSA) is 34.5 Å². The summed E-state index contributed by atoms with van der Waals surface area (Å²) < 4.78 is 21.5. The second kappa shape index (κ2) is 5.63. The summed E-state index contributed by atoms with van der Waals surface area (Å²) in [4.78, 5) is 13.0. The number of hydrogen-bond acceptors (Lipinski definition) is 3. The predicted molar refractivity (Wildman–Crippen MR) is 76.6 cm³/mol. The number of benzene rings is 1. The van der Waals surface area contributed by atoms with E-state index < -0.39 is 5.82 Å². The molecule has 0 unspecified atom stereocenters. The number of carbonyl (C=O) groups excluding carboxylic acids is 1. The fourth-order valence-electron chi connectivity index (χ4n) is 2.57. The average molecular weight is 278 g/mol. The third-order valence-corrected chi connectivity index (χ3v) is 3.47. The van der Waals surface area contributed by atoms with Gasteiger partial charge in [-0.3, -0.25) is 0 Å². The molecule has 1 aromatic carbocycles. The van der Waals surface area contributed by atoms with Crippen molar-refractivity contribution in [3.63, 3.8) is 0 Å². The van der Waals surface area contributed by atoms with E-state index in [1.165, 1.54) is 7.11 Å². The minimum Gasteiger partial charge on any atom is -0.494 e. The number of nitrogens with zero attached hydrogens (tertiary/aromatic N) is 2. The van der Waals surface area contributed by atoms with Gasteiger partial charge in [0.25, 0.3) is 0 Å². The predicted octanol–water partition coefficient (Wildman–Crippen LogP) is 2.13. The van der Waals surface area contributed by atoms with E-state index in [2.05, 4.69) is 0 Å². The highest BCUT2D eigenvalue weighted by atomic mass is 19.1. The van der Waals surface area contributed by atoms with Gasteiger partial charge in [0, 0.05) is 31.1 Å². The summed E-state index contributed by atoms with van der Waals surface area (Å²) in [7, 11) is 7.22. The zero-order valence-corrected chi connectivity index (χ0v) is 12.2. The summed E-state index contributed by atoms with van der Waals surface area (Å²) in [6, 6.07) is 3.44. The van der Waals surface area contributed by atoms with Crippen LogP contribution in [-0.4, -0.2) is 37.0 Å². The van der Waals surface area contributed by atoms with Gasteiger partial charge in [0.1, 0.15) is 6.29 Å². The van der Waals surface area contributed by atoms with E-state index in [1.54, 1.807) is 6.07 Å². The Morgan fingerprint density at radius 2 is 2.10 bits per heavy atom. The Balaban J connectivity index is 2.79. The van der Waals surface area contributed by atoms with Crippen LogP contribution < -0.4 is 4.74 Å². The van der Waals surface area contributed by atoms with Crippen molar-refractivity contribution in [1.29, 1.82) is 0 Å². The number of aromatic nitrogens is 1. The highest BCUT2D eigenvalue weighted by Crippen LogP contribution is 2.33. The van der Waals surface area contributed by atoms with E-state index in [4.69, 9.17) is 4.74 Å². The number of hydrogen-bond donors (Lipinski definition) is 0. The standard InChI is InChI=1S/C15H19FN2O2/c1-17(2)9-12-10(7-8-19)14-11(18(12)3)5-6-13(20-4)15(14)16/h5-6,8H,7,9H2,1-4H3. The van der Waals surface area contributed by atoms with Gasteiger partial charge in [0.2, 0.25) is 0 Å². The van der Waals surface area contributed by atoms with Gasteiger partial charge in [-0.1, -0.05) is 0 Å². The molecule has 0 amide bonds. The highest BCUT2D eigenvalue weighted by molar-refractivity contribution is 5.89. The van der Waals surface area contributed by atoms with Crippen LogP contribution in [-0.2, 0) is 24.8 Å². The number of rotatable bonds is 5. The first-order chi connectivity index (χ1) is 9.51. The van der Waals surface area contributed by atoms with Gasteiger partial charge < -0.3 is 19.0 Å². The maximum Gasteiger partial charge on any atom is 0.174 e. The summed E-state index contributed by atoms with van der Waals surface area (Å²) in [5.74, 6) is -0.200. The molecule has 0 bridgehead atoms. The van der Waals surface area contributed by atoms with Gasteiger partial charge in [-0.2, -0.15) is 0 Å². The summed E-state index contributed by atoms with van der Waals surface area (Å²) in [5, 5.41) is 0.482. The number of aryl methyl sites for hydroxylation is 1. The molecule has 0 aliphatic heterocycles. The third kappa shape index (κ3) is 2.29. The third-order valence-electron chi connectivity index (χ3n) is 3.47. The first kappa shape index (κ1) is 14.5. The van der Waals surface area contributed by atoms with Crippen molar-refractivity contribution in [2.24, 2.45) is 7.05 Å². The Labute approximate surface area is 117 Å². The lowest BCUT2D eigenvalue weighted by molar-refractivity contribution is -0.107. The molecule has 0 saturated heterocycles. The zero-order chi connectivity index (χ0) is 14.9. The number of carbonyl (C=O) groups is 1. The fourth-order valence-corrected chi connectivity index (χ4v) is 2.57. The Morgan fingerprint density at radius 3 is 2.65 bits per heavy atom. The molecule has 0 aliphatic carbocycles. The minimum atomic E-state index is -0.401. The van der Waals surface area contributed by atoms with Crippen molar-refractivity contribution in [2.75, 3.05) is 21.2 Å². The molecule has 5 heteroatoms. The average Bonchev–Trinajstić information content (AvgIpc) is 2.65. The molecule has 4 nitrogen and oxygen atoms in total. The summed E-state index contributed by atoms with van der Waals surface area (Å²) in [6.45, 7) is 0.649. The molecular weight excluding hydrogens is 259 g/mol. The molecule has 108 valence electrons. The molecular formula is C15H19FN2O2. The lowest BCUT2D eigenvalue weighted by atomic mass is 10.1. The molecule has 0 N–H and O–H groups in total. The molecule has 0 fully saturated rings. The summed E-state index contributed by atoms with van der Waals surface area (Å²) in [5.41, 5.74) is 2.46. The zero-order valence-electron chi connectivity index (χ0n) is 12.2. The molecule has 20 heavy (non-hydrogen) atoms. The fraction of sp³-hybridized carbons (Fsp3) is 0.400. The number of aldehydes is 1. The Bertz CT molecular complexity index is 647. The monoisotopic (exact) mass is 278 g/mol. The maximum atomic E-state index is 14.5. The Hall–Kier alpha value is -1.88. The van der Waals surface area contributed by atoms with Gasteiger partial charge >= 0.3 is 0 Å². The van der Waals surface area contributed by atoms with Crippen LogP contribution in [0.4, 0.5) is 4.39 Å². The van der Waals surface area contributed by atoms with Crippen LogP contribution in [0.2, 0.25) is 0 Å². The van der Waals surface area contributed by atoms with Crippen molar-refractivity contribution < 1.29 is 13.9 Å². The number of halogens is 1. The van der Waals surface area contributed by atoms with Crippen molar-refractivity contribution in [2.45, 2.75) is 13.0 Å². The second-order valence-corrected chi connectivity index (χ2v) is 5.07. The largest absolute Gasteiger partial charge is 0.494 e. The first-order valence-electron chi connectivity index (χ1n) is 6.42. The van der Waals surface area contributed by atoms with E-state index in [1.807, 2.05) is 36.7 Å². The molecule has 2 aromatic rings. The van der Waals surface area contributed by atoms with E-state index in [-0.39, 0.29) is 12.2 Å². The van der Waals surface area contributed by atoms with Crippen LogP contribution in [0.1, 0.15) is 11.3 Å². The SMILES string of the molecule is COc1ccc2c(c1F)c(CC=O)c(CN(C)C)n2C. The van der Waals surface area contributed by atoms with Crippen molar-refractivity contribution >= 4 is 17.2 Å². The van der Waals surface area contributed by atoms with E-state index in [0.29, 0.717) is 11.9 Å². The minimum absolute atomic E-state index is 0.199. The molecule has 0 atom stereocenters. The molecule has 0 saturated carbocycles. The molecule has 0 radical (unpaired) electrons. The summed E-state index contributed by atoms with van der Waals surface area (Å²) in [6.07, 6.45) is 1.01. The summed E-state index contributed by atoms with van der Waals surface area (Å²) >= 11 is 0. The normalized spacial score (nSPS) is 11.3. The highest BCUT2D eigenvalue weighted by Gasteiger charge is 2.20. The van der Waals surface area contributed by atoms with E-state index in [0.717, 1.165) is 23.1 Å². The number of methoxy groups -OCH3 is 1. The molecule has 0 aliphatic rings. The van der Waals surface area contributed by atoms with E-state index >= 15 is 0 Å². The van der Waals surface area contributed by atoms with Gasteiger partial charge in [-0.25, -0.2) is 4.39 Å². The van der Waals surface area contributed by atoms with Crippen LogP contribution in [0, 0.1) is 5.82 Å². The van der Waals surface area contributed by atoms with Crippen molar-refractivity contribution in [3.05, 3.63) is 29.2 Å². The van der Waals surface area contributed by atoms with Gasteiger partial charge in [-0.15, -0.1) is 0 Å². The molecule has 1 heterocycles. The quantitative estimate of drug-likeness (QED) is 0.786. The van der Waals surface area contributed by atoms with Crippen molar-refractivity contribution in [3.8, 4) is 5.75 Å². The van der Waals surface area contributed by atoms with Crippen LogP contribution in [0.25, 0.3) is 10.9 Å². The Morgan fingerprint density at radius 1 is 1.40 bits per heavy atom. The van der Waals surface area contributed by atoms with Crippen LogP contribution >= 0.6 is 0 Å².